The molecule has 0 unspecified atom stereocenters. The summed E-state index contributed by atoms with van der Waals surface area (Å²) in [5.74, 6) is 1.70. The van der Waals surface area contributed by atoms with Crippen LogP contribution in [-0.4, -0.2) is 34.6 Å². The molecule has 6 nitrogen and oxygen atoms in total. The summed E-state index contributed by atoms with van der Waals surface area (Å²) in [6, 6.07) is 15.6. The van der Waals surface area contributed by atoms with Gasteiger partial charge in [-0.3, -0.25) is 4.79 Å². The molecule has 0 aliphatic carbocycles. The molecule has 0 fully saturated rings. The quantitative estimate of drug-likeness (QED) is 0.594. The van der Waals surface area contributed by atoms with Crippen LogP contribution >= 0.6 is 0 Å². The van der Waals surface area contributed by atoms with E-state index in [2.05, 4.69) is 29.2 Å². The van der Waals surface area contributed by atoms with Crippen molar-refractivity contribution in [3.63, 3.8) is 0 Å². The number of benzene rings is 2. The molecule has 146 valence electrons. The fraction of sp³-hybridized carbons (Fsp3) is 0.318. The molecule has 0 atom stereocenters. The number of ether oxygens (including phenoxy) is 1. The van der Waals surface area contributed by atoms with Gasteiger partial charge >= 0.3 is 0 Å². The Morgan fingerprint density at radius 3 is 2.36 bits per heavy atom. The van der Waals surface area contributed by atoms with Gasteiger partial charge in [0, 0.05) is 12.6 Å². The second-order valence-electron chi connectivity index (χ2n) is 6.57. The van der Waals surface area contributed by atoms with E-state index in [1.807, 2.05) is 43.3 Å². The van der Waals surface area contributed by atoms with Gasteiger partial charge in [0.2, 0.25) is 17.6 Å². The average molecular weight is 379 g/mol. The van der Waals surface area contributed by atoms with Crippen LogP contribution < -0.4 is 4.74 Å². The molecule has 0 spiro atoms. The van der Waals surface area contributed by atoms with Crippen molar-refractivity contribution in [3.05, 3.63) is 65.5 Å². The highest BCUT2D eigenvalue weighted by Crippen LogP contribution is 2.20. The fourth-order valence-corrected chi connectivity index (χ4v) is 2.80. The molecule has 1 aromatic heterocycles. The maximum Gasteiger partial charge on any atom is 0.246 e. The number of amides is 1. The van der Waals surface area contributed by atoms with Crippen molar-refractivity contribution in [2.24, 2.45) is 0 Å². The lowest BCUT2D eigenvalue weighted by molar-refractivity contribution is -0.130. The van der Waals surface area contributed by atoms with Crippen molar-refractivity contribution in [3.8, 4) is 17.1 Å². The summed E-state index contributed by atoms with van der Waals surface area (Å²) >= 11 is 0. The van der Waals surface area contributed by atoms with E-state index in [9.17, 15) is 4.79 Å². The number of aromatic nitrogens is 2. The van der Waals surface area contributed by atoms with Gasteiger partial charge in [-0.2, -0.15) is 4.98 Å². The number of carbonyl (C=O) groups is 1. The maximum absolute atomic E-state index is 12.5. The van der Waals surface area contributed by atoms with Gasteiger partial charge in [0.05, 0.1) is 19.6 Å². The van der Waals surface area contributed by atoms with Gasteiger partial charge < -0.3 is 14.2 Å². The first-order chi connectivity index (χ1) is 13.6. The van der Waals surface area contributed by atoms with Crippen LogP contribution in [0.25, 0.3) is 11.4 Å². The smallest absolute Gasteiger partial charge is 0.246 e. The summed E-state index contributed by atoms with van der Waals surface area (Å²) in [6.07, 6.45) is 1.34. The van der Waals surface area contributed by atoms with Crippen LogP contribution in [0.15, 0.2) is 53.1 Å². The number of rotatable bonds is 8. The third-order valence-corrected chi connectivity index (χ3v) is 4.48. The van der Waals surface area contributed by atoms with Gasteiger partial charge in [-0.25, -0.2) is 0 Å². The normalized spacial score (nSPS) is 10.7. The lowest BCUT2D eigenvalue weighted by Gasteiger charge is -2.14. The Morgan fingerprint density at radius 1 is 1.04 bits per heavy atom. The Bertz CT molecular complexity index is 902. The molecule has 0 radical (unpaired) electrons. The third kappa shape index (κ3) is 4.97. The molecular weight excluding hydrogens is 354 g/mol. The fourth-order valence-electron chi connectivity index (χ4n) is 2.80. The van der Waals surface area contributed by atoms with Crippen LogP contribution in [0.5, 0.6) is 5.75 Å². The molecule has 1 heterocycles. The Labute approximate surface area is 165 Å². The molecule has 2 aromatic carbocycles. The first kappa shape index (κ1) is 19.6. The number of likely N-dealkylation sites (N-methyl/N-ethyl adjacent to an activating group) is 1. The number of nitrogens with zero attached hydrogens (tertiary/aromatic N) is 3. The summed E-state index contributed by atoms with van der Waals surface area (Å²) in [7, 11) is 1.74. The minimum Gasteiger partial charge on any atom is -0.494 e. The zero-order valence-corrected chi connectivity index (χ0v) is 16.5. The van der Waals surface area contributed by atoms with E-state index in [0.717, 1.165) is 23.3 Å². The highest BCUT2D eigenvalue weighted by atomic mass is 16.5. The number of carbonyl (C=O) groups excluding carboxylic acids is 1. The summed E-state index contributed by atoms with van der Waals surface area (Å²) in [6.45, 7) is 4.95. The molecule has 28 heavy (non-hydrogen) atoms. The molecule has 0 aliphatic rings. The molecular formula is C22H25N3O3. The van der Waals surface area contributed by atoms with Crippen LogP contribution in [0.1, 0.15) is 30.9 Å². The SMILES string of the molecule is CCOc1ccc(-c2noc(CN(C)C(=O)Cc3ccc(CC)cc3)n2)cc1. The summed E-state index contributed by atoms with van der Waals surface area (Å²) in [5.41, 5.74) is 3.09. The molecule has 0 saturated heterocycles. The number of hydrogen-bond donors (Lipinski definition) is 0. The average Bonchev–Trinajstić information content (AvgIpc) is 3.18. The van der Waals surface area contributed by atoms with Gasteiger partial charge in [0.1, 0.15) is 5.75 Å². The van der Waals surface area contributed by atoms with Crippen molar-refractivity contribution < 1.29 is 14.1 Å². The summed E-state index contributed by atoms with van der Waals surface area (Å²) < 4.78 is 10.7. The maximum atomic E-state index is 12.5. The first-order valence-corrected chi connectivity index (χ1v) is 9.46. The highest BCUT2D eigenvalue weighted by Gasteiger charge is 2.15. The van der Waals surface area contributed by atoms with Crippen molar-refractivity contribution in [2.45, 2.75) is 33.2 Å². The van der Waals surface area contributed by atoms with E-state index in [-0.39, 0.29) is 12.5 Å². The Hall–Kier alpha value is -3.15. The van der Waals surface area contributed by atoms with E-state index < -0.39 is 0 Å². The Balaban J connectivity index is 1.59. The van der Waals surface area contributed by atoms with Crippen LogP contribution in [0.4, 0.5) is 0 Å². The van der Waals surface area contributed by atoms with Crippen LogP contribution in [-0.2, 0) is 24.2 Å². The van der Waals surface area contributed by atoms with Crippen LogP contribution in [0, 0.1) is 0 Å². The van der Waals surface area contributed by atoms with E-state index in [1.165, 1.54) is 5.56 Å². The zero-order chi connectivity index (χ0) is 19.9. The van der Waals surface area contributed by atoms with E-state index in [4.69, 9.17) is 9.26 Å². The predicted octanol–water partition coefficient (Wildman–Crippen LogP) is 3.90. The molecule has 0 N–H and O–H groups in total. The second-order valence-corrected chi connectivity index (χ2v) is 6.57. The van der Waals surface area contributed by atoms with Crippen molar-refractivity contribution in [1.82, 2.24) is 15.0 Å². The zero-order valence-electron chi connectivity index (χ0n) is 16.5. The van der Waals surface area contributed by atoms with E-state index in [0.29, 0.717) is 24.7 Å². The van der Waals surface area contributed by atoms with Crippen LogP contribution in [0.2, 0.25) is 0 Å². The Morgan fingerprint density at radius 2 is 1.71 bits per heavy atom. The van der Waals surface area contributed by atoms with Gasteiger partial charge in [0.15, 0.2) is 0 Å². The lowest BCUT2D eigenvalue weighted by Crippen LogP contribution is -2.27. The third-order valence-electron chi connectivity index (χ3n) is 4.48. The summed E-state index contributed by atoms with van der Waals surface area (Å²) in [4.78, 5) is 18.5. The topological polar surface area (TPSA) is 68.5 Å². The minimum atomic E-state index is 0.00469. The molecule has 0 saturated carbocycles. The Kier molecular flexibility index (Phi) is 6.42. The summed E-state index contributed by atoms with van der Waals surface area (Å²) in [5, 5.41) is 4.01. The monoisotopic (exact) mass is 379 g/mol. The second kappa shape index (κ2) is 9.17. The number of aryl methyl sites for hydroxylation is 1. The van der Waals surface area contributed by atoms with Crippen molar-refractivity contribution in [1.29, 1.82) is 0 Å². The van der Waals surface area contributed by atoms with Crippen LogP contribution in [0.3, 0.4) is 0 Å². The number of hydrogen-bond acceptors (Lipinski definition) is 5. The van der Waals surface area contributed by atoms with Gasteiger partial charge in [0.25, 0.3) is 0 Å². The van der Waals surface area contributed by atoms with Crippen molar-refractivity contribution >= 4 is 5.91 Å². The highest BCUT2D eigenvalue weighted by molar-refractivity contribution is 5.78. The molecule has 0 aliphatic heterocycles. The van der Waals surface area contributed by atoms with E-state index >= 15 is 0 Å². The van der Waals surface area contributed by atoms with E-state index in [1.54, 1.807) is 11.9 Å². The van der Waals surface area contributed by atoms with Gasteiger partial charge in [-0.05, 0) is 48.7 Å². The van der Waals surface area contributed by atoms with Crippen molar-refractivity contribution in [2.75, 3.05) is 13.7 Å². The standard InChI is InChI=1S/C22H25N3O3/c1-4-16-6-8-17(9-7-16)14-21(26)25(3)15-20-23-22(24-28-20)18-10-12-19(13-11-18)27-5-2/h6-13H,4-5,14-15H2,1-3H3. The largest absolute Gasteiger partial charge is 0.494 e. The minimum absolute atomic E-state index is 0.00469. The van der Waals surface area contributed by atoms with Gasteiger partial charge in [-0.1, -0.05) is 36.3 Å². The molecule has 3 aromatic rings. The molecule has 0 bridgehead atoms. The molecule has 1 amide bonds. The lowest BCUT2D eigenvalue weighted by atomic mass is 10.1. The predicted molar refractivity (Wildman–Crippen MR) is 107 cm³/mol. The molecule has 6 heteroatoms. The first-order valence-electron chi connectivity index (χ1n) is 9.46. The van der Waals surface area contributed by atoms with Gasteiger partial charge in [-0.15, -0.1) is 0 Å². The molecule has 3 rings (SSSR count).